The van der Waals surface area contributed by atoms with Crippen molar-refractivity contribution in [2.24, 2.45) is 0 Å². The fraction of sp³-hybridized carbons (Fsp3) is 0.750. The van der Waals surface area contributed by atoms with Crippen molar-refractivity contribution in [3.05, 3.63) is 6.33 Å². The Hall–Kier alpha value is -0.550. The van der Waals surface area contributed by atoms with Crippen molar-refractivity contribution < 1.29 is 0 Å². The van der Waals surface area contributed by atoms with E-state index in [1.807, 2.05) is 0 Å². The highest BCUT2D eigenvalue weighted by atomic mass is 32.2. The number of thioether (sulfide) groups is 1. The molecule has 0 bridgehead atoms. The number of aromatic nitrogens is 3. The molecular formula is C8H14N4S. The number of rotatable bonds is 2. The fourth-order valence-electron chi connectivity index (χ4n) is 1.50. The van der Waals surface area contributed by atoms with E-state index in [1.54, 1.807) is 18.1 Å². The molecule has 4 nitrogen and oxygen atoms in total. The van der Waals surface area contributed by atoms with Crippen molar-refractivity contribution >= 4 is 11.8 Å². The van der Waals surface area contributed by atoms with Gasteiger partial charge in [-0.2, -0.15) is 5.10 Å². The molecule has 2 rings (SSSR count). The zero-order chi connectivity index (χ0) is 8.93. The van der Waals surface area contributed by atoms with Crippen LogP contribution in [0.4, 0.5) is 0 Å². The summed E-state index contributed by atoms with van der Waals surface area (Å²) in [4.78, 5) is 4.11. The molecule has 2 heterocycles. The molecule has 0 aromatic carbocycles. The van der Waals surface area contributed by atoms with Gasteiger partial charge in [-0.15, -0.1) is 0 Å². The molecule has 1 aliphatic rings. The summed E-state index contributed by atoms with van der Waals surface area (Å²) >= 11 is 1.79. The molecular weight excluding hydrogens is 184 g/mol. The number of nitrogens with one attached hydrogen (secondary N) is 2. The minimum atomic E-state index is 0.649. The van der Waals surface area contributed by atoms with Crippen LogP contribution in [0.3, 0.4) is 0 Å². The molecule has 1 aromatic rings. The van der Waals surface area contributed by atoms with Crippen LogP contribution < -0.4 is 5.32 Å². The zero-order valence-corrected chi connectivity index (χ0v) is 8.31. The van der Waals surface area contributed by atoms with E-state index in [4.69, 9.17) is 0 Å². The first-order chi connectivity index (χ1) is 6.45. The maximum Gasteiger partial charge on any atom is 0.183 e. The Morgan fingerprint density at radius 2 is 2.46 bits per heavy atom. The van der Waals surface area contributed by atoms with Crippen LogP contribution in [0.2, 0.25) is 0 Å². The third-order valence-corrected chi connectivity index (χ3v) is 3.33. The van der Waals surface area contributed by atoms with Crippen molar-refractivity contribution in [2.75, 3.05) is 13.1 Å². The first kappa shape index (κ1) is 9.02. The molecule has 1 unspecified atom stereocenters. The predicted octanol–water partition coefficient (Wildman–Crippen LogP) is 1.04. The summed E-state index contributed by atoms with van der Waals surface area (Å²) in [6.45, 7) is 2.25. The quantitative estimate of drug-likeness (QED) is 0.745. The summed E-state index contributed by atoms with van der Waals surface area (Å²) in [7, 11) is 0. The Labute approximate surface area is 81.9 Å². The first-order valence-electron chi connectivity index (χ1n) is 4.68. The highest BCUT2D eigenvalue weighted by Gasteiger charge is 2.13. The minimum absolute atomic E-state index is 0.649. The van der Waals surface area contributed by atoms with E-state index in [0.717, 1.165) is 18.2 Å². The van der Waals surface area contributed by atoms with E-state index >= 15 is 0 Å². The Morgan fingerprint density at radius 1 is 1.46 bits per heavy atom. The average molecular weight is 198 g/mol. The van der Waals surface area contributed by atoms with Gasteiger partial charge in [0.2, 0.25) is 0 Å². The monoisotopic (exact) mass is 198 g/mol. The van der Waals surface area contributed by atoms with Gasteiger partial charge in [0.25, 0.3) is 0 Å². The summed E-state index contributed by atoms with van der Waals surface area (Å²) in [5, 5.41) is 11.7. The lowest BCUT2D eigenvalue weighted by molar-refractivity contribution is 0.706. The second-order valence-corrected chi connectivity index (χ2v) is 4.52. The van der Waals surface area contributed by atoms with Crippen LogP contribution in [-0.2, 0) is 0 Å². The van der Waals surface area contributed by atoms with Gasteiger partial charge in [-0.25, -0.2) is 4.98 Å². The van der Waals surface area contributed by atoms with E-state index in [0.29, 0.717) is 5.25 Å². The number of hydrogen-bond acceptors (Lipinski definition) is 4. The molecule has 0 aliphatic carbocycles. The average Bonchev–Trinajstić information content (AvgIpc) is 2.49. The van der Waals surface area contributed by atoms with Gasteiger partial charge in [0.1, 0.15) is 6.33 Å². The largest absolute Gasteiger partial charge is 0.316 e. The van der Waals surface area contributed by atoms with Gasteiger partial charge in [0, 0.05) is 11.8 Å². The first-order valence-corrected chi connectivity index (χ1v) is 5.56. The molecule has 5 heteroatoms. The predicted molar refractivity (Wildman–Crippen MR) is 52.7 cm³/mol. The third kappa shape index (κ3) is 2.70. The molecule has 72 valence electrons. The Balaban J connectivity index is 1.86. The van der Waals surface area contributed by atoms with E-state index < -0.39 is 0 Å². The maximum atomic E-state index is 4.11. The second-order valence-electron chi connectivity index (χ2n) is 3.23. The molecule has 1 atom stereocenters. The smallest absolute Gasteiger partial charge is 0.183 e. The summed E-state index contributed by atoms with van der Waals surface area (Å²) in [6, 6.07) is 0. The van der Waals surface area contributed by atoms with Gasteiger partial charge >= 0.3 is 0 Å². The van der Waals surface area contributed by atoms with Crippen LogP contribution in [0, 0.1) is 0 Å². The van der Waals surface area contributed by atoms with E-state index in [-0.39, 0.29) is 0 Å². The van der Waals surface area contributed by atoms with Crippen molar-refractivity contribution in [1.82, 2.24) is 20.5 Å². The molecule has 1 aliphatic heterocycles. The van der Waals surface area contributed by atoms with E-state index in [9.17, 15) is 0 Å². The van der Waals surface area contributed by atoms with Crippen molar-refractivity contribution in [3.63, 3.8) is 0 Å². The molecule has 0 saturated carbocycles. The van der Waals surface area contributed by atoms with Crippen molar-refractivity contribution in [3.8, 4) is 0 Å². The highest BCUT2D eigenvalue weighted by Crippen LogP contribution is 2.23. The molecule has 1 fully saturated rings. The van der Waals surface area contributed by atoms with Gasteiger partial charge in [0.05, 0.1) is 0 Å². The number of H-pyrrole nitrogens is 1. The SMILES string of the molecule is c1n[nH]c(SC2CCCCNC2)n1. The lowest BCUT2D eigenvalue weighted by Gasteiger charge is -2.10. The summed E-state index contributed by atoms with van der Waals surface area (Å²) in [5.74, 6) is 0. The number of aromatic amines is 1. The number of hydrogen-bond donors (Lipinski definition) is 2. The number of nitrogens with zero attached hydrogens (tertiary/aromatic N) is 2. The van der Waals surface area contributed by atoms with Gasteiger partial charge in [-0.05, 0) is 19.4 Å². The van der Waals surface area contributed by atoms with Crippen LogP contribution in [0.15, 0.2) is 11.5 Å². The second kappa shape index (κ2) is 4.62. The normalized spacial score (nSPS) is 24.2. The maximum absolute atomic E-state index is 4.11. The topological polar surface area (TPSA) is 53.6 Å². The lowest BCUT2D eigenvalue weighted by Crippen LogP contribution is -2.22. The van der Waals surface area contributed by atoms with Gasteiger partial charge in [0.15, 0.2) is 5.16 Å². The van der Waals surface area contributed by atoms with Gasteiger partial charge < -0.3 is 5.32 Å². The summed E-state index contributed by atoms with van der Waals surface area (Å²) < 4.78 is 0. The lowest BCUT2D eigenvalue weighted by atomic mass is 10.2. The van der Waals surface area contributed by atoms with Gasteiger partial charge in [-0.3, -0.25) is 5.10 Å². The Bertz CT molecular complexity index is 228. The van der Waals surface area contributed by atoms with Gasteiger partial charge in [-0.1, -0.05) is 18.2 Å². The van der Waals surface area contributed by atoms with Crippen LogP contribution >= 0.6 is 11.8 Å². The molecule has 2 N–H and O–H groups in total. The molecule has 0 amide bonds. The van der Waals surface area contributed by atoms with E-state index in [1.165, 1.54) is 19.3 Å². The van der Waals surface area contributed by atoms with Crippen LogP contribution in [-0.4, -0.2) is 33.5 Å². The minimum Gasteiger partial charge on any atom is -0.316 e. The molecule has 1 saturated heterocycles. The third-order valence-electron chi connectivity index (χ3n) is 2.17. The molecule has 0 radical (unpaired) electrons. The Morgan fingerprint density at radius 3 is 3.31 bits per heavy atom. The highest BCUT2D eigenvalue weighted by molar-refractivity contribution is 7.99. The molecule has 13 heavy (non-hydrogen) atoms. The van der Waals surface area contributed by atoms with Crippen molar-refractivity contribution in [2.45, 2.75) is 29.7 Å². The summed E-state index contributed by atoms with van der Waals surface area (Å²) in [6.07, 6.45) is 5.46. The molecule has 0 spiro atoms. The van der Waals surface area contributed by atoms with E-state index in [2.05, 4.69) is 20.5 Å². The van der Waals surface area contributed by atoms with Crippen LogP contribution in [0.1, 0.15) is 19.3 Å². The fourth-order valence-corrected chi connectivity index (χ4v) is 2.51. The summed E-state index contributed by atoms with van der Waals surface area (Å²) in [5.41, 5.74) is 0. The molecule has 1 aromatic heterocycles. The van der Waals surface area contributed by atoms with Crippen molar-refractivity contribution in [1.29, 1.82) is 0 Å². The van der Waals surface area contributed by atoms with Crippen LogP contribution in [0.25, 0.3) is 0 Å². The zero-order valence-electron chi connectivity index (χ0n) is 7.49. The Kier molecular flexibility index (Phi) is 3.21. The standard InChI is InChI=1S/C8H14N4S/c1-2-4-9-5-7(3-1)13-8-10-6-11-12-8/h6-7,9H,1-5H2,(H,10,11,12). The van der Waals surface area contributed by atoms with Crippen LogP contribution in [0.5, 0.6) is 0 Å².